The summed E-state index contributed by atoms with van der Waals surface area (Å²) in [5, 5.41) is 21.4. The second-order valence-corrected chi connectivity index (χ2v) is 8.59. The Bertz CT molecular complexity index is 1060. The number of halogens is 1. The smallest absolute Gasteiger partial charge is 0.303 e. The first-order valence-electron chi connectivity index (χ1n) is 10.8. The minimum Gasteiger partial charge on any atom is -0.493 e. The molecule has 0 atom stereocenters. The number of methoxy groups -OCH3 is 1. The van der Waals surface area contributed by atoms with Crippen LogP contribution < -0.4 is 10.1 Å². The van der Waals surface area contributed by atoms with Crippen molar-refractivity contribution in [2.75, 3.05) is 12.4 Å². The molecule has 1 aliphatic rings. The molecule has 0 amide bonds. The third-order valence-electron chi connectivity index (χ3n) is 6.09. The summed E-state index contributed by atoms with van der Waals surface area (Å²) in [6, 6.07) is 17.8. The predicted octanol–water partition coefficient (Wildman–Crippen LogP) is 6.30. The van der Waals surface area contributed by atoms with Crippen molar-refractivity contribution in [1.82, 2.24) is 10.2 Å². The number of hydrogen-bond donors (Lipinski definition) is 2. The van der Waals surface area contributed by atoms with E-state index in [1.165, 1.54) is 5.56 Å². The fraction of sp³-hybridized carbons (Fsp3) is 0.320. The van der Waals surface area contributed by atoms with E-state index in [-0.39, 0.29) is 0 Å². The summed E-state index contributed by atoms with van der Waals surface area (Å²) in [6.45, 7) is 0. The summed E-state index contributed by atoms with van der Waals surface area (Å²) in [6.07, 6.45) is 4.35. The Hall–Kier alpha value is -3.12. The number of aliphatic carboxylic acids is 1. The van der Waals surface area contributed by atoms with Crippen molar-refractivity contribution in [2.24, 2.45) is 5.92 Å². The molecule has 1 aliphatic carbocycles. The van der Waals surface area contributed by atoms with Gasteiger partial charge < -0.3 is 15.2 Å². The Balaban J connectivity index is 1.40. The van der Waals surface area contributed by atoms with E-state index in [0.29, 0.717) is 34.8 Å². The molecule has 1 heterocycles. The van der Waals surface area contributed by atoms with Gasteiger partial charge in [0.25, 0.3) is 0 Å². The molecule has 0 saturated heterocycles. The van der Waals surface area contributed by atoms with Gasteiger partial charge in [0, 0.05) is 12.0 Å². The monoisotopic (exact) mass is 451 g/mol. The van der Waals surface area contributed by atoms with E-state index in [1.54, 1.807) is 13.2 Å². The van der Waals surface area contributed by atoms with Crippen LogP contribution in [0.25, 0.3) is 11.3 Å². The normalized spacial score (nSPS) is 18.2. The molecule has 7 heteroatoms. The molecule has 0 aliphatic heterocycles. The fourth-order valence-electron chi connectivity index (χ4n) is 4.38. The zero-order chi connectivity index (χ0) is 22.5. The highest BCUT2D eigenvalue weighted by Gasteiger charge is 2.24. The zero-order valence-electron chi connectivity index (χ0n) is 17.9. The van der Waals surface area contributed by atoms with Gasteiger partial charge in [-0.2, -0.15) is 0 Å². The predicted molar refractivity (Wildman–Crippen MR) is 126 cm³/mol. The van der Waals surface area contributed by atoms with E-state index in [9.17, 15) is 4.79 Å². The van der Waals surface area contributed by atoms with Gasteiger partial charge in [0.2, 0.25) is 0 Å². The van der Waals surface area contributed by atoms with Crippen LogP contribution in [-0.2, 0) is 4.79 Å². The largest absolute Gasteiger partial charge is 0.493 e. The van der Waals surface area contributed by atoms with E-state index in [4.69, 9.17) is 21.4 Å². The van der Waals surface area contributed by atoms with E-state index < -0.39 is 5.97 Å². The van der Waals surface area contributed by atoms with Gasteiger partial charge in [-0.3, -0.25) is 4.79 Å². The molecule has 1 aromatic heterocycles. The maximum atomic E-state index is 10.9. The highest BCUT2D eigenvalue weighted by Crippen LogP contribution is 2.38. The average Bonchev–Trinajstić information content (AvgIpc) is 2.80. The van der Waals surface area contributed by atoms with Gasteiger partial charge in [-0.25, -0.2) is 0 Å². The summed E-state index contributed by atoms with van der Waals surface area (Å²) in [5.74, 6) is 1.29. The average molecular weight is 452 g/mol. The van der Waals surface area contributed by atoms with Crippen LogP contribution in [0.4, 0.5) is 11.5 Å². The number of ether oxygens (including phenoxy) is 1. The number of para-hydroxylation sites is 1. The van der Waals surface area contributed by atoms with Crippen molar-refractivity contribution in [3.8, 4) is 17.0 Å². The third kappa shape index (κ3) is 5.19. The maximum Gasteiger partial charge on any atom is 0.303 e. The van der Waals surface area contributed by atoms with Gasteiger partial charge >= 0.3 is 5.97 Å². The molecule has 0 unspecified atom stereocenters. The molecule has 0 spiro atoms. The number of carboxylic acids is 1. The van der Waals surface area contributed by atoms with Crippen LogP contribution in [-0.4, -0.2) is 28.4 Å². The number of benzene rings is 2. The van der Waals surface area contributed by atoms with E-state index >= 15 is 0 Å². The number of hydrogen-bond acceptors (Lipinski definition) is 5. The molecule has 166 valence electrons. The van der Waals surface area contributed by atoms with Crippen molar-refractivity contribution in [3.63, 3.8) is 0 Å². The van der Waals surface area contributed by atoms with Crippen LogP contribution in [0, 0.1) is 5.92 Å². The van der Waals surface area contributed by atoms with Crippen molar-refractivity contribution in [2.45, 2.75) is 38.0 Å². The summed E-state index contributed by atoms with van der Waals surface area (Å²) in [5.41, 5.74) is 3.84. The number of anilines is 2. The molecule has 3 aromatic rings. The van der Waals surface area contributed by atoms with Gasteiger partial charge in [0.15, 0.2) is 11.6 Å². The molecule has 4 rings (SSSR count). The number of nitrogens with zero attached hydrogens (tertiary/aromatic N) is 2. The Morgan fingerprint density at radius 1 is 1.06 bits per heavy atom. The molecular formula is C25H26ClN3O3. The maximum absolute atomic E-state index is 10.9. The number of carbonyl (C=O) groups is 1. The minimum atomic E-state index is -0.688. The molecule has 6 nitrogen and oxygen atoms in total. The van der Waals surface area contributed by atoms with Gasteiger partial charge in [-0.15, -0.1) is 10.2 Å². The zero-order valence-corrected chi connectivity index (χ0v) is 18.7. The van der Waals surface area contributed by atoms with Crippen molar-refractivity contribution < 1.29 is 14.6 Å². The molecule has 32 heavy (non-hydrogen) atoms. The molecule has 0 radical (unpaired) electrons. The fourth-order valence-corrected chi connectivity index (χ4v) is 4.63. The third-order valence-corrected chi connectivity index (χ3v) is 6.38. The lowest BCUT2D eigenvalue weighted by molar-refractivity contribution is -0.138. The quantitative estimate of drug-likeness (QED) is 0.438. The molecular weight excluding hydrogens is 426 g/mol. The lowest BCUT2D eigenvalue weighted by atomic mass is 9.77. The van der Waals surface area contributed by atoms with Crippen molar-refractivity contribution in [1.29, 1.82) is 0 Å². The SMILES string of the molecule is COc1c(Cl)cccc1Nc1ccc(-c2ccc(C3CCC(CC(=O)O)CC3)cc2)nn1. The first-order valence-corrected chi connectivity index (χ1v) is 11.2. The highest BCUT2D eigenvalue weighted by molar-refractivity contribution is 6.32. The Morgan fingerprint density at radius 2 is 1.81 bits per heavy atom. The first kappa shape index (κ1) is 22.1. The summed E-state index contributed by atoms with van der Waals surface area (Å²) >= 11 is 6.17. The number of nitrogens with one attached hydrogen (secondary N) is 1. The number of rotatable bonds is 7. The molecule has 2 N–H and O–H groups in total. The Morgan fingerprint density at radius 3 is 2.44 bits per heavy atom. The molecule has 2 aromatic carbocycles. The summed E-state index contributed by atoms with van der Waals surface area (Å²) < 4.78 is 5.36. The lowest BCUT2D eigenvalue weighted by Crippen LogP contribution is -2.16. The Kier molecular flexibility index (Phi) is 6.90. The van der Waals surface area contributed by atoms with Gasteiger partial charge in [-0.05, 0) is 67.3 Å². The van der Waals surface area contributed by atoms with Gasteiger partial charge in [-0.1, -0.05) is 41.9 Å². The van der Waals surface area contributed by atoms with E-state index in [1.807, 2.05) is 24.3 Å². The highest BCUT2D eigenvalue weighted by atomic mass is 35.5. The van der Waals surface area contributed by atoms with Crippen molar-refractivity contribution >= 4 is 29.1 Å². The number of carboxylic acid groups (broad SMARTS) is 1. The molecule has 0 bridgehead atoms. The van der Waals surface area contributed by atoms with Crippen LogP contribution >= 0.6 is 11.6 Å². The van der Waals surface area contributed by atoms with E-state index in [2.05, 4.69) is 39.8 Å². The van der Waals surface area contributed by atoms with E-state index in [0.717, 1.165) is 42.6 Å². The lowest BCUT2D eigenvalue weighted by Gasteiger charge is -2.28. The van der Waals surface area contributed by atoms with Crippen LogP contribution in [0.15, 0.2) is 54.6 Å². The van der Waals surface area contributed by atoms with Gasteiger partial charge in [0.1, 0.15) is 0 Å². The minimum absolute atomic E-state index is 0.291. The van der Waals surface area contributed by atoms with Crippen LogP contribution in [0.1, 0.15) is 43.6 Å². The summed E-state index contributed by atoms with van der Waals surface area (Å²) in [4.78, 5) is 10.9. The first-order chi connectivity index (χ1) is 15.5. The van der Waals surface area contributed by atoms with Gasteiger partial charge in [0.05, 0.1) is 23.5 Å². The number of aromatic nitrogens is 2. The molecule has 1 fully saturated rings. The Labute approximate surface area is 192 Å². The van der Waals surface area contributed by atoms with Crippen LogP contribution in [0.5, 0.6) is 5.75 Å². The topological polar surface area (TPSA) is 84.3 Å². The summed E-state index contributed by atoms with van der Waals surface area (Å²) in [7, 11) is 1.58. The second-order valence-electron chi connectivity index (χ2n) is 8.19. The molecule has 1 saturated carbocycles. The van der Waals surface area contributed by atoms with Crippen LogP contribution in [0.2, 0.25) is 5.02 Å². The standard InChI is InChI=1S/C25H26ClN3O3/c1-32-25-20(26)3-2-4-22(25)27-23-14-13-21(28-29-23)19-11-9-18(10-12-19)17-7-5-16(6-8-17)15-24(30)31/h2-4,9-14,16-17H,5-8,15H2,1H3,(H,27,29)(H,30,31). The second kappa shape index (κ2) is 10.0. The van der Waals surface area contributed by atoms with Crippen LogP contribution in [0.3, 0.4) is 0 Å². The van der Waals surface area contributed by atoms with Crippen molar-refractivity contribution in [3.05, 3.63) is 65.2 Å².